The van der Waals surface area contributed by atoms with Gasteiger partial charge in [0.05, 0.1) is 26.5 Å². The standard InChI is InChI=1S/C24H29F2N3O3S/c1-30-22-12-16-15-33-24(28-21(16)14-23(22)31-2)27-17-6-9-29(10-7-17)8-3-11-32-18-4-5-19(25)20(26)13-18/h4-5,12-14,17H,3,6-11,15H2,1-2H3,(H,27,28). The van der Waals surface area contributed by atoms with Gasteiger partial charge in [0.2, 0.25) is 0 Å². The van der Waals surface area contributed by atoms with Crippen LogP contribution < -0.4 is 19.5 Å². The molecule has 2 aromatic carbocycles. The van der Waals surface area contributed by atoms with E-state index >= 15 is 0 Å². The van der Waals surface area contributed by atoms with Crippen molar-refractivity contribution in [3.8, 4) is 17.2 Å². The highest BCUT2D eigenvalue weighted by Gasteiger charge is 2.22. The van der Waals surface area contributed by atoms with Crippen molar-refractivity contribution in [1.29, 1.82) is 0 Å². The molecule has 1 fully saturated rings. The van der Waals surface area contributed by atoms with Gasteiger partial charge in [-0.25, -0.2) is 13.8 Å². The summed E-state index contributed by atoms with van der Waals surface area (Å²) in [7, 11) is 3.27. The number of rotatable bonds is 8. The van der Waals surface area contributed by atoms with Crippen LogP contribution in [0.15, 0.2) is 35.3 Å². The highest BCUT2D eigenvalue weighted by Crippen LogP contribution is 2.39. The fourth-order valence-electron chi connectivity index (χ4n) is 4.01. The van der Waals surface area contributed by atoms with E-state index in [0.29, 0.717) is 24.1 Å². The Labute approximate surface area is 197 Å². The molecule has 2 aromatic rings. The van der Waals surface area contributed by atoms with Crippen molar-refractivity contribution >= 4 is 22.6 Å². The summed E-state index contributed by atoms with van der Waals surface area (Å²) in [4.78, 5) is 7.21. The van der Waals surface area contributed by atoms with Crippen LogP contribution in [0.3, 0.4) is 0 Å². The van der Waals surface area contributed by atoms with Crippen LogP contribution in [0.2, 0.25) is 0 Å². The third kappa shape index (κ3) is 6.09. The number of thioether (sulfide) groups is 1. The average molecular weight is 478 g/mol. The largest absolute Gasteiger partial charge is 0.493 e. The second kappa shape index (κ2) is 11.1. The van der Waals surface area contributed by atoms with Gasteiger partial charge in [-0.05, 0) is 43.0 Å². The van der Waals surface area contributed by atoms with Gasteiger partial charge < -0.3 is 24.4 Å². The van der Waals surface area contributed by atoms with Gasteiger partial charge in [-0.15, -0.1) is 0 Å². The molecular weight excluding hydrogens is 448 g/mol. The molecule has 0 atom stereocenters. The number of nitrogens with zero attached hydrogens (tertiary/aromatic N) is 2. The molecule has 0 bridgehead atoms. The van der Waals surface area contributed by atoms with Gasteiger partial charge in [-0.1, -0.05) is 11.8 Å². The molecule has 2 heterocycles. The molecule has 4 rings (SSSR count). The first kappa shape index (κ1) is 23.6. The number of fused-ring (bicyclic) bond motifs is 1. The first-order valence-electron chi connectivity index (χ1n) is 11.1. The van der Waals surface area contributed by atoms with Crippen LogP contribution in [0.1, 0.15) is 24.8 Å². The minimum Gasteiger partial charge on any atom is -0.493 e. The summed E-state index contributed by atoms with van der Waals surface area (Å²) in [5.74, 6) is 0.878. The minimum atomic E-state index is -0.884. The van der Waals surface area contributed by atoms with E-state index in [2.05, 4.69) is 10.2 Å². The predicted octanol–water partition coefficient (Wildman–Crippen LogP) is 4.74. The van der Waals surface area contributed by atoms with Gasteiger partial charge in [0.1, 0.15) is 5.75 Å². The molecule has 0 aromatic heterocycles. The average Bonchev–Trinajstić information content (AvgIpc) is 2.84. The molecule has 1 N–H and O–H groups in total. The molecule has 0 spiro atoms. The van der Waals surface area contributed by atoms with E-state index in [1.165, 1.54) is 6.07 Å². The number of methoxy groups -OCH3 is 2. The second-order valence-corrected chi connectivity index (χ2v) is 9.04. The number of likely N-dealkylation sites (tertiary alicyclic amines) is 1. The quantitative estimate of drug-likeness (QED) is 0.555. The van der Waals surface area contributed by atoms with E-state index in [1.54, 1.807) is 26.0 Å². The van der Waals surface area contributed by atoms with Gasteiger partial charge >= 0.3 is 0 Å². The zero-order chi connectivity index (χ0) is 23.2. The molecule has 0 aliphatic carbocycles. The fraction of sp³-hybridized carbons (Fsp3) is 0.458. The van der Waals surface area contributed by atoms with Crippen LogP contribution in [-0.2, 0) is 5.75 Å². The van der Waals surface area contributed by atoms with Crippen LogP contribution in [-0.4, -0.2) is 56.6 Å². The monoisotopic (exact) mass is 477 g/mol. The normalized spacial score (nSPS) is 16.7. The van der Waals surface area contributed by atoms with Gasteiger partial charge in [-0.2, -0.15) is 0 Å². The van der Waals surface area contributed by atoms with Gasteiger partial charge in [0, 0.05) is 43.6 Å². The zero-order valence-electron chi connectivity index (χ0n) is 18.9. The fourth-order valence-corrected chi connectivity index (χ4v) is 4.95. The summed E-state index contributed by atoms with van der Waals surface area (Å²) in [5, 5.41) is 4.56. The van der Waals surface area contributed by atoms with Crippen molar-refractivity contribution < 1.29 is 23.0 Å². The van der Waals surface area contributed by atoms with Crippen molar-refractivity contribution in [1.82, 2.24) is 10.2 Å². The molecular formula is C24H29F2N3O3S. The van der Waals surface area contributed by atoms with Gasteiger partial charge in [-0.3, -0.25) is 0 Å². The molecule has 2 aliphatic rings. The summed E-state index contributed by atoms with van der Waals surface area (Å²) in [6, 6.07) is 7.95. The van der Waals surface area contributed by atoms with Gasteiger partial charge in [0.15, 0.2) is 28.3 Å². The molecule has 0 amide bonds. The van der Waals surface area contributed by atoms with Crippen LogP contribution in [0, 0.1) is 11.6 Å². The summed E-state index contributed by atoms with van der Waals surface area (Å²) in [6.45, 7) is 3.40. The smallest absolute Gasteiger partial charge is 0.162 e. The molecule has 178 valence electrons. The van der Waals surface area contributed by atoms with Crippen molar-refractivity contribution in [2.24, 2.45) is 4.99 Å². The summed E-state index contributed by atoms with van der Waals surface area (Å²) in [6.07, 6.45) is 2.92. The Kier molecular flexibility index (Phi) is 7.93. The number of hydrogen-bond donors (Lipinski definition) is 1. The Morgan fingerprint density at radius 3 is 2.55 bits per heavy atom. The molecule has 9 heteroatoms. The van der Waals surface area contributed by atoms with Crippen molar-refractivity contribution in [2.75, 3.05) is 40.5 Å². The third-order valence-electron chi connectivity index (χ3n) is 5.86. The lowest BCUT2D eigenvalue weighted by atomic mass is 10.1. The van der Waals surface area contributed by atoms with Gasteiger partial charge in [0.25, 0.3) is 0 Å². The molecule has 6 nitrogen and oxygen atoms in total. The number of nitrogens with one attached hydrogen (secondary N) is 1. The zero-order valence-corrected chi connectivity index (χ0v) is 19.7. The van der Waals surface area contributed by atoms with Crippen LogP contribution >= 0.6 is 11.8 Å². The summed E-state index contributed by atoms with van der Waals surface area (Å²) in [5.41, 5.74) is 2.07. The van der Waals surface area contributed by atoms with Crippen molar-refractivity contribution in [2.45, 2.75) is 31.1 Å². The highest BCUT2D eigenvalue weighted by molar-refractivity contribution is 8.13. The SMILES string of the molecule is COc1cc2c(cc1OC)N=C(NC1CCN(CCCOc3ccc(F)c(F)c3)CC1)SC2. The third-order valence-corrected chi connectivity index (χ3v) is 6.80. The van der Waals surface area contributed by atoms with Crippen molar-refractivity contribution in [3.63, 3.8) is 0 Å². The maximum atomic E-state index is 13.2. The molecule has 0 unspecified atom stereocenters. The lowest BCUT2D eigenvalue weighted by molar-refractivity contribution is 0.188. The molecule has 33 heavy (non-hydrogen) atoms. The van der Waals surface area contributed by atoms with Crippen molar-refractivity contribution in [3.05, 3.63) is 47.5 Å². The number of ether oxygens (including phenoxy) is 3. The Balaban J connectivity index is 1.20. The molecule has 2 aliphatic heterocycles. The number of amidine groups is 1. The van der Waals surface area contributed by atoms with E-state index in [4.69, 9.17) is 19.2 Å². The Bertz CT molecular complexity index is 997. The Morgan fingerprint density at radius 2 is 1.82 bits per heavy atom. The lowest BCUT2D eigenvalue weighted by Crippen LogP contribution is -2.44. The number of benzene rings is 2. The maximum Gasteiger partial charge on any atom is 0.162 e. The predicted molar refractivity (Wildman–Crippen MR) is 127 cm³/mol. The van der Waals surface area contributed by atoms with E-state index in [0.717, 1.165) is 79.0 Å². The Morgan fingerprint density at radius 1 is 1.06 bits per heavy atom. The number of halogens is 2. The number of hydrogen-bond acceptors (Lipinski definition) is 7. The van der Waals surface area contributed by atoms with E-state index < -0.39 is 11.6 Å². The molecule has 1 saturated heterocycles. The van der Waals surface area contributed by atoms with E-state index in [-0.39, 0.29) is 0 Å². The number of aliphatic imine (C=N–C) groups is 1. The topological polar surface area (TPSA) is 55.3 Å². The maximum absolute atomic E-state index is 13.2. The number of piperidine rings is 1. The summed E-state index contributed by atoms with van der Waals surface area (Å²) >= 11 is 1.71. The second-order valence-electron chi connectivity index (χ2n) is 8.08. The van der Waals surface area contributed by atoms with Crippen LogP contribution in [0.5, 0.6) is 17.2 Å². The molecule has 0 saturated carbocycles. The van der Waals surface area contributed by atoms with E-state index in [9.17, 15) is 8.78 Å². The molecule has 0 radical (unpaired) electrons. The first-order chi connectivity index (χ1) is 16.1. The Hall–Kier alpha value is -2.52. The van der Waals surface area contributed by atoms with Crippen LogP contribution in [0.25, 0.3) is 0 Å². The minimum absolute atomic E-state index is 0.361. The lowest BCUT2D eigenvalue weighted by Gasteiger charge is -2.33. The summed E-state index contributed by atoms with van der Waals surface area (Å²) < 4.78 is 42.5. The van der Waals surface area contributed by atoms with Crippen LogP contribution in [0.4, 0.5) is 14.5 Å². The van der Waals surface area contributed by atoms with E-state index in [1.807, 2.05) is 12.1 Å². The first-order valence-corrected chi connectivity index (χ1v) is 12.1. The highest BCUT2D eigenvalue weighted by atomic mass is 32.2.